The number of benzene rings is 1. The van der Waals surface area contributed by atoms with Gasteiger partial charge in [-0.15, -0.1) is 0 Å². The molecule has 0 radical (unpaired) electrons. The Balaban J connectivity index is 2.00. The van der Waals surface area contributed by atoms with Gasteiger partial charge in [0.25, 0.3) is 0 Å². The Labute approximate surface area is 158 Å². The van der Waals surface area contributed by atoms with Gasteiger partial charge in [0.05, 0.1) is 13.3 Å². The third-order valence-electron chi connectivity index (χ3n) is 4.36. The first-order valence-corrected chi connectivity index (χ1v) is 10.3. The molecule has 1 fully saturated rings. The van der Waals surface area contributed by atoms with Gasteiger partial charge < -0.3 is 15.4 Å². The summed E-state index contributed by atoms with van der Waals surface area (Å²) in [5, 5.41) is 0.282. The number of ether oxygens (including phenoxy) is 1. The Morgan fingerprint density at radius 1 is 1.15 bits per heavy atom. The zero-order chi connectivity index (χ0) is 18.7. The van der Waals surface area contributed by atoms with Crippen molar-refractivity contribution in [2.75, 3.05) is 30.8 Å². The third-order valence-corrected chi connectivity index (χ3v) is 6.39. The SMILES string of the molecule is COc1ccc(Cl)cc1S(=O)(=O)c1cnc(N2CCCCCC2)nc1N. The van der Waals surface area contributed by atoms with Crippen LogP contribution in [0, 0.1) is 0 Å². The first-order chi connectivity index (χ1) is 12.4. The van der Waals surface area contributed by atoms with Crippen molar-refractivity contribution in [1.29, 1.82) is 0 Å². The van der Waals surface area contributed by atoms with Gasteiger partial charge in [-0.1, -0.05) is 24.4 Å². The fraction of sp³-hybridized carbons (Fsp3) is 0.412. The number of aromatic nitrogens is 2. The summed E-state index contributed by atoms with van der Waals surface area (Å²) in [6, 6.07) is 4.39. The van der Waals surface area contributed by atoms with Crippen molar-refractivity contribution in [3.8, 4) is 5.75 Å². The second kappa shape index (κ2) is 7.67. The quantitative estimate of drug-likeness (QED) is 0.848. The Kier molecular flexibility index (Phi) is 5.52. The normalized spacial score (nSPS) is 15.5. The zero-order valence-corrected chi connectivity index (χ0v) is 16.1. The molecule has 1 aliphatic heterocycles. The van der Waals surface area contributed by atoms with E-state index >= 15 is 0 Å². The topological polar surface area (TPSA) is 98.4 Å². The molecule has 0 bridgehead atoms. The summed E-state index contributed by atoms with van der Waals surface area (Å²) in [4.78, 5) is 10.3. The molecule has 1 aromatic carbocycles. The summed E-state index contributed by atoms with van der Waals surface area (Å²) in [6.07, 6.45) is 5.73. The van der Waals surface area contributed by atoms with Crippen molar-refractivity contribution in [2.45, 2.75) is 35.5 Å². The van der Waals surface area contributed by atoms with E-state index in [2.05, 4.69) is 9.97 Å². The highest BCUT2D eigenvalue weighted by Crippen LogP contribution is 2.33. The molecule has 7 nitrogen and oxygen atoms in total. The molecule has 9 heteroatoms. The van der Waals surface area contributed by atoms with Gasteiger partial charge in [-0.3, -0.25) is 0 Å². The third kappa shape index (κ3) is 3.71. The number of anilines is 2. The van der Waals surface area contributed by atoms with Crippen LogP contribution in [0.3, 0.4) is 0 Å². The minimum atomic E-state index is -3.97. The Morgan fingerprint density at radius 2 is 1.85 bits per heavy atom. The number of nitrogen functional groups attached to an aromatic ring is 1. The largest absolute Gasteiger partial charge is 0.495 e. The highest BCUT2D eigenvalue weighted by atomic mass is 35.5. The average Bonchev–Trinajstić information content (AvgIpc) is 2.90. The molecule has 2 aromatic rings. The summed E-state index contributed by atoms with van der Waals surface area (Å²) in [6.45, 7) is 1.68. The maximum absolute atomic E-state index is 13.0. The van der Waals surface area contributed by atoms with Crippen LogP contribution in [0.5, 0.6) is 5.75 Å². The van der Waals surface area contributed by atoms with Gasteiger partial charge in [0.2, 0.25) is 15.8 Å². The first-order valence-electron chi connectivity index (χ1n) is 8.39. The molecule has 140 valence electrons. The molecule has 0 spiro atoms. The number of nitrogens with zero attached hydrogens (tertiary/aromatic N) is 3. The summed E-state index contributed by atoms with van der Waals surface area (Å²) in [5.74, 6) is 0.563. The highest BCUT2D eigenvalue weighted by Gasteiger charge is 2.27. The van der Waals surface area contributed by atoms with Crippen molar-refractivity contribution in [1.82, 2.24) is 9.97 Å². The highest BCUT2D eigenvalue weighted by molar-refractivity contribution is 7.91. The Hall–Kier alpha value is -2.06. The van der Waals surface area contributed by atoms with Gasteiger partial charge >= 0.3 is 0 Å². The van der Waals surface area contributed by atoms with E-state index in [1.165, 1.54) is 38.3 Å². The molecule has 1 aromatic heterocycles. The molecule has 0 unspecified atom stereocenters. The minimum Gasteiger partial charge on any atom is -0.495 e. The lowest BCUT2D eigenvalue weighted by Crippen LogP contribution is -2.26. The Bertz CT molecular complexity index is 897. The molecule has 0 aliphatic carbocycles. The fourth-order valence-electron chi connectivity index (χ4n) is 2.98. The van der Waals surface area contributed by atoms with Crippen molar-refractivity contribution >= 4 is 33.2 Å². The number of hydrogen-bond donors (Lipinski definition) is 1. The molecule has 26 heavy (non-hydrogen) atoms. The molecule has 0 saturated carbocycles. The predicted octanol–water partition coefficient (Wildman–Crippen LogP) is 2.93. The van der Waals surface area contributed by atoms with Crippen LogP contribution in [0.25, 0.3) is 0 Å². The van der Waals surface area contributed by atoms with Crippen LogP contribution in [-0.4, -0.2) is 38.6 Å². The standard InChI is InChI=1S/C17H21ClN4O3S/c1-25-13-7-6-12(18)10-14(13)26(23,24)15-11-20-17(21-16(15)19)22-8-4-2-3-5-9-22/h6-7,10-11H,2-5,8-9H2,1H3,(H2,19,20,21). The van der Waals surface area contributed by atoms with E-state index in [-0.39, 0.29) is 26.4 Å². The lowest BCUT2D eigenvalue weighted by atomic mass is 10.2. The molecule has 1 aliphatic rings. The van der Waals surface area contributed by atoms with E-state index in [1.807, 2.05) is 4.90 Å². The molecular weight excluding hydrogens is 376 g/mol. The van der Waals surface area contributed by atoms with Crippen LogP contribution < -0.4 is 15.4 Å². The van der Waals surface area contributed by atoms with Crippen molar-refractivity contribution in [3.05, 3.63) is 29.4 Å². The number of methoxy groups -OCH3 is 1. The summed E-state index contributed by atoms with van der Waals surface area (Å²) >= 11 is 5.96. The molecule has 0 amide bonds. The lowest BCUT2D eigenvalue weighted by molar-refractivity contribution is 0.402. The molecular formula is C17H21ClN4O3S. The second-order valence-corrected chi connectivity index (χ2v) is 8.44. The van der Waals surface area contributed by atoms with Gasteiger partial charge in [0, 0.05) is 18.1 Å². The molecule has 3 rings (SSSR count). The fourth-order valence-corrected chi connectivity index (χ4v) is 4.67. The van der Waals surface area contributed by atoms with Crippen LogP contribution in [0.4, 0.5) is 11.8 Å². The van der Waals surface area contributed by atoms with Gasteiger partial charge in [0.1, 0.15) is 21.4 Å². The average molecular weight is 397 g/mol. The van der Waals surface area contributed by atoms with Crippen LogP contribution in [0.2, 0.25) is 5.02 Å². The van der Waals surface area contributed by atoms with Crippen LogP contribution in [0.1, 0.15) is 25.7 Å². The maximum atomic E-state index is 13.0. The minimum absolute atomic E-state index is 0.0645. The van der Waals surface area contributed by atoms with Gasteiger partial charge in [-0.25, -0.2) is 13.4 Å². The molecule has 0 atom stereocenters. The summed E-state index contributed by atoms with van der Waals surface area (Å²) in [7, 11) is -2.57. The first kappa shape index (κ1) is 18.7. The van der Waals surface area contributed by atoms with E-state index < -0.39 is 9.84 Å². The number of sulfone groups is 1. The van der Waals surface area contributed by atoms with Crippen molar-refractivity contribution < 1.29 is 13.2 Å². The van der Waals surface area contributed by atoms with E-state index in [0.717, 1.165) is 25.9 Å². The monoisotopic (exact) mass is 396 g/mol. The predicted molar refractivity (Wildman–Crippen MR) is 101 cm³/mol. The van der Waals surface area contributed by atoms with E-state index in [4.69, 9.17) is 22.1 Å². The van der Waals surface area contributed by atoms with Crippen molar-refractivity contribution in [3.63, 3.8) is 0 Å². The van der Waals surface area contributed by atoms with Crippen LogP contribution in [0.15, 0.2) is 34.2 Å². The number of hydrogen-bond acceptors (Lipinski definition) is 7. The van der Waals surface area contributed by atoms with Gasteiger partial charge in [-0.2, -0.15) is 4.98 Å². The van der Waals surface area contributed by atoms with E-state index in [1.54, 1.807) is 6.07 Å². The van der Waals surface area contributed by atoms with Gasteiger partial charge in [0.15, 0.2) is 0 Å². The number of nitrogens with two attached hydrogens (primary N) is 1. The van der Waals surface area contributed by atoms with Crippen molar-refractivity contribution in [2.24, 2.45) is 0 Å². The van der Waals surface area contributed by atoms with Crippen LogP contribution in [-0.2, 0) is 9.84 Å². The molecule has 2 N–H and O–H groups in total. The zero-order valence-electron chi connectivity index (χ0n) is 14.5. The second-order valence-electron chi connectivity index (χ2n) is 6.12. The van der Waals surface area contributed by atoms with Crippen LogP contribution >= 0.6 is 11.6 Å². The number of halogens is 1. The maximum Gasteiger partial charge on any atom is 0.227 e. The summed E-state index contributed by atoms with van der Waals surface area (Å²) in [5.41, 5.74) is 5.99. The smallest absolute Gasteiger partial charge is 0.227 e. The Morgan fingerprint density at radius 3 is 2.46 bits per heavy atom. The molecule has 1 saturated heterocycles. The van der Waals surface area contributed by atoms with E-state index in [0.29, 0.717) is 5.95 Å². The summed E-state index contributed by atoms with van der Waals surface area (Å²) < 4.78 is 31.2. The number of rotatable bonds is 4. The lowest BCUT2D eigenvalue weighted by Gasteiger charge is -2.20. The van der Waals surface area contributed by atoms with Gasteiger partial charge in [-0.05, 0) is 31.0 Å². The van der Waals surface area contributed by atoms with E-state index in [9.17, 15) is 8.42 Å². The molecule has 2 heterocycles.